The molecular weight excluding hydrogens is 450 g/mol. The van der Waals surface area contributed by atoms with Crippen LogP contribution in [0.3, 0.4) is 0 Å². The fraction of sp³-hybridized carbons (Fsp3) is 0.462. The maximum Gasteiger partial charge on any atom is 0.244 e. The number of carbonyl (C=O) groups excluding carboxylic acids is 2. The molecule has 0 unspecified atom stereocenters. The van der Waals surface area contributed by atoms with E-state index in [9.17, 15) is 18.0 Å². The summed E-state index contributed by atoms with van der Waals surface area (Å²) in [5.74, 6) is -0.739. The molecule has 34 heavy (non-hydrogen) atoms. The van der Waals surface area contributed by atoms with Gasteiger partial charge in [-0.25, -0.2) is 8.42 Å². The van der Waals surface area contributed by atoms with Crippen LogP contribution in [0.4, 0.5) is 5.69 Å². The first-order chi connectivity index (χ1) is 15.8. The Morgan fingerprint density at radius 1 is 1.03 bits per heavy atom. The minimum Gasteiger partial charge on any atom is -0.355 e. The molecule has 0 aliphatic rings. The van der Waals surface area contributed by atoms with E-state index in [0.717, 1.165) is 27.3 Å². The number of benzene rings is 2. The standard InChI is InChI=1S/C26H37N3O4S/c1-8-27-25(31)20(3)28(17-21-12-10-9-11-19(21)2)24(30)18-29(34(7,32)33)23-15-13-22(14-16-23)26(4,5)6/h9-16,20H,8,17-18H2,1-7H3,(H,27,31)/t20-/m1/s1. The van der Waals surface area contributed by atoms with Crippen LogP contribution < -0.4 is 9.62 Å². The summed E-state index contributed by atoms with van der Waals surface area (Å²) in [7, 11) is -3.75. The van der Waals surface area contributed by atoms with Crippen LogP contribution >= 0.6 is 0 Å². The van der Waals surface area contributed by atoms with Gasteiger partial charge in [0.15, 0.2) is 0 Å². The number of carbonyl (C=O) groups is 2. The summed E-state index contributed by atoms with van der Waals surface area (Å²) in [4.78, 5) is 27.6. The Balaban J connectivity index is 2.40. The molecule has 0 bridgehead atoms. The SMILES string of the molecule is CCNC(=O)[C@@H](C)N(Cc1ccccc1C)C(=O)CN(c1ccc(C(C)(C)C)cc1)S(C)(=O)=O. The Bertz CT molecular complexity index is 1110. The zero-order valence-corrected chi connectivity index (χ0v) is 22.1. The van der Waals surface area contributed by atoms with Gasteiger partial charge in [-0.15, -0.1) is 0 Å². The summed E-state index contributed by atoms with van der Waals surface area (Å²) in [5, 5.41) is 2.75. The lowest BCUT2D eigenvalue weighted by Crippen LogP contribution is -2.51. The average molecular weight is 488 g/mol. The molecule has 0 aliphatic carbocycles. The molecule has 0 spiro atoms. The van der Waals surface area contributed by atoms with E-state index in [-0.39, 0.29) is 17.9 Å². The third kappa shape index (κ3) is 7.06. The van der Waals surface area contributed by atoms with E-state index in [4.69, 9.17) is 0 Å². The summed E-state index contributed by atoms with van der Waals surface area (Å²) in [6.45, 7) is 11.9. The van der Waals surface area contributed by atoms with Crippen LogP contribution in [-0.2, 0) is 31.6 Å². The predicted molar refractivity (Wildman–Crippen MR) is 137 cm³/mol. The number of aryl methyl sites for hydroxylation is 1. The molecule has 2 rings (SSSR count). The van der Waals surface area contributed by atoms with Gasteiger partial charge in [-0.3, -0.25) is 13.9 Å². The molecule has 0 radical (unpaired) electrons. The van der Waals surface area contributed by atoms with Crippen LogP contribution in [0.15, 0.2) is 48.5 Å². The lowest BCUT2D eigenvalue weighted by molar-refractivity contribution is -0.139. The van der Waals surface area contributed by atoms with Crippen molar-refractivity contribution in [1.82, 2.24) is 10.2 Å². The average Bonchev–Trinajstić information content (AvgIpc) is 2.75. The number of nitrogens with one attached hydrogen (secondary N) is 1. The Labute approximate surface area is 204 Å². The maximum absolute atomic E-state index is 13.5. The molecule has 8 heteroatoms. The quantitative estimate of drug-likeness (QED) is 0.585. The molecule has 1 atom stereocenters. The first-order valence-electron chi connectivity index (χ1n) is 11.5. The predicted octanol–water partition coefficient (Wildman–Crippen LogP) is 3.61. The number of anilines is 1. The van der Waals surface area contributed by atoms with Gasteiger partial charge < -0.3 is 10.2 Å². The van der Waals surface area contributed by atoms with E-state index >= 15 is 0 Å². The zero-order chi connectivity index (χ0) is 25.7. The third-order valence-corrected chi connectivity index (χ3v) is 6.96. The molecular formula is C26H37N3O4S. The van der Waals surface area contributed by atoms with Gasteiger partial charge in [0.05, 0.1) is 11.9 Å². The molecule has 0 heterocycles. The van der Waals surface area contributed by atoms with E-state index in [0.29, 0.717) is 12.2 Å². The third-order valence-electron chi connectivity index (χ3n) is 5.82. The smallest absolute Gasteiger partial charge is 0.244 e. The van der Waals surface area contributed by atoms with Gasteiger partial charge in [0.1, 0.15) is 12.6 Å². The molecule has 0 saturated carbocycles. The summed E-state index contributed by atoms with van der Waals surface area (Å²) in [5.41, 5.74) is 3.26. The van der Waals surface area contributed by atoms with Crippen molar-refractivity contribution < 1.29 is 18.0 Å². The van der Waals surface area contributed by atoms with Gasteiger partial charge >= 0.3 is 0 Å². The Morgan fingerprint density at radius 3 is 2.12 bits per heavy atom. The normalized spacial score (nSPS) is 12.7. The molecule has 7 nitrogen and oxygen atoms in total. The van der Waals surface area contributed by atoms with E-state index in [1.807, 2.05) is 50.2 Å². The second kappa shape index (κ2) is 11.0. The summed E-state index contributed by atoms with van der Waals surface area (Å²) in [6.07, 6.45) is 1.08. The van der Waals surface area contributed by atoms with Gasteiger partial charge in [-0.1, -0.05) is 57.2 Å². The highest BCUT2D eigenvalue weighted by atomic mass is 32.2. The summed E-state index contributed by atoms with van der Waals surface area (Å²) < 4.78 is 26.4. The van der Waals surface area contributed by atoms with Gasteiger partial charge in [-0.2, -0.15) is 0 Å². The number of nitrogens with zero attached hydrogens (tertiary/aromatic N) is 2. The second-order valence-electron chi connectivity index (χ2n) is 9.59. The van der Waals surface area contributed by atoms with Crippen molar-refractivity contribution in [3.8, 4) is 0 Å². The number of hydrogen-bond donors (Lipinski definition) is 1. The second-order valence-corrected chi connectivity index (χ2v) is 11.5. The van der Waals surface area contributed by atoms with Crippen LogP contribution in [0.1, 0.15) is 51.3 Å². The topological polar surface area (TPSA) is 86.8 Å². The summed E-state index contributed by atoms with van der Waals surface area (Å²) >= 11 is 0. The van der Waals surface area contributed by atoms with Crippen LogP contribution in [0.5, 0.6) is 0 Å². The van der Waals surface area contributed by atoms with Crippen LogP contribution in [0, 0.1) is 6.92 Å². The minimum atomic E-state index is -3.75. The Morgan fingerprint density at radius 2 is 1.62 bits per heavy atom. The Hall–Kier alpha value is -2.87. The van der Waals surface area contributed by atoms with Crippen LogP contribution in [0.2, 0.25) is 0 Å². The fourth-order valence-corrected chi connectivity index (χ4v) is 4.47. The van der Waals surface area contributed by atoms with Gasteiger partial charge in [-0.05, 0) is 55.0 Å². The molecule has 2 amide bonds. The monoisotopic (exact) mass is 487 g/mol. The van der Waals surface area contributed by atoms with Crippen molar-refractivity contribution in [2.45, 2.75) is 59.5 Å². The number of rotatable bonds is 9. The van der Waals surface area contributed by atoms with Crippen molar-refractivity contribution in [3.05, 3.63) is 65.2 Å². The van der Waals surface area contributed by atoms with E-state index < -0.39 is 28.5 Å². The van der Waals surface area contributed by atoms with Gasteiger partial charge in [0.25, 0.3) is 0 Å². The largest absolute Gasteiger partial charge is 0.355 e. The van der Waals surface area contributed by atoms with Gasteiger partial charge in [0.2, 0.25) is 21.8 Å². The van der Waals surface area contributed by atoms with Crippen molar-refractivity contribution in [3.63, 3.8) is 0 Å². The molecule has 0 aliphatic heterocycles. The lowest BCUT2D eigenvalue weighted by atomic mass is 9.87. The minimum absolute atomic E-state index is 0.0866. The molecule has 0 aromatic heterocycles. The first kappa shape index (κ1) is 27.4. The molecule has 0 saturated heterocycles. The van der Waals surface area contributed by atoms with Crippen molar-refractivity contribution in [2.24, 2.45) is 0 Å². The van der Waals surface area contributed by atoms with Crippen molar-refractivity contribution in [2.75, 3.05) is 23.7 Å². The zero-order valence-electron chi connectivity index (χ0n) is 21.3. The lowest BCUT2D eigenvalue weighted by Gasteiger charge is -2.32. The molecule has 1 N–H and O–H groups in total. The van der Waals surface area contributed by atoms with Crippen LogP contribution in [-0.4, -0.2) is 50.5 Å². The molecule has 0 fully saturated rings. The van der Waals surface area contributed by atoms with E-state index in [1.165, 1.54) is 4.90 Å². The number of hydrogen-bond acceptors (Lipinski definition) is 4. The number of likely N-dealkylation sites (N-methyl/N-ethyl adjacent to an activating group) is 1. The molecule has 2 aromatic rings. The van der Waals surface area contributed by atoms with Crippen molar-refractivity contribution in [1.29, 1.82) is 0 Å². The highest BCUT2D eigenvalue weighted by molar-refractivity contribution is 7.92. The fourth-order valence-electron chi connectivity index (χ4n) is 3.62. The maximum atomic E-state index is 13.5. The number of amides is 2. The molecule has 186 valence electrons. The van der Waals surface area contributed by atoms with E-state index in [1.54, 1.807) is 19.1 Å². The number of sulfonamides is 1. The highest BCUT2D eigenvalue weighted by Crippen LogP contribution is 2.26. The van der Waals surface area contributed by atoms with Crippen LogP contribution in [0.25, 0.3) is 0 Å². The molecule has 2 aromatic carbocycles. The van der Waals surface area contributed by atoms with Gasteiger partial charge in [0, 0.05) is 13.1 Å². The van der Waals surface area contributed by atoms with Crippen molar-refractivity contribution >= 4 is 27.5 Å². The Kier molecular flexibility index (Phi) is 8.89. The van der Waals surface area contributed by atoms with E-state index in [2.05, 4.69) is 26.1 Å². The highest BCUT2D eigenvalue weighted by Gasteiger charge is 2.30. The summed E-state index contributed by atoms with van der Waals surface area (Å²) in [6, 6.07) is 14.0. The first-order valence-corrected chi connectivity index (χ1v) is 13.3.